The first-order valence-corrected chi connectivity index (χ1v) is 12.0. The summed E-state index contributed by atoms with van der Waals surface area (Å²) in [5, 5.41) is 32.5. The third kappa shape index (κ3) is 7.45. The van der Waals surface area contributed by atoms with E-state index >= 15 is 0 Å². The first-order chi connectivity index (χ1) is 17.5. The van der Waals surface area contributed by atoms with Crippen LogP contribution >= 0.6 is 0 Å². The summed E-state index contributed by atoms with van der Waals surface area (Å²) >= 11 is 0. The van der Waals surface area contributed by atoms with Crippen LogP contribution in [0, 0.1) is 11.6 Å². The van der Waals surface area contributed by atoms with Crippen LogP contribution in [-0.2, 0) is 16.1 Å². The smallest absolute Gasteiger partial charge is 0.335 e. The monoisotopic (exact) mass is 521 g/mol. The van der Waals surface area contributed by atoms with Gasteiger partial charge in [-0.25, -0.2) is 18.4 Å². The highest BCUT2D eigenvalue weighted by Crippen LogP contribution is 2.36. The largest absolute Gasteiger partial charge is 0.479 e. The zero-order valence-corrected chi connectivity index (χ0v) is 20.8. The Morgan fingerprint density at radius 1 is 0.838 bits per heavy atom. The minimum Gasteiger partial charge on any atom is -0.479 e. The van der Waals surface area contributed by atoms with Gasteiger partial charge in [-0.1, -0.05) is 6.07 Å². The van der Waals surface area contributed by atoms with Crippen molar-refractivity contribution in [2.75, 3.05) is 51.7 Å². The summed E-state index contributed by atoms with van der Waals surface area (Å²) in [7, 11) is 4.27. The molecule has 0 aliphatic carbocycles. The SMILES string of the molecule is CN1CCN(c2ccc3c(c2)CN(C)CCC3c2cc(F)cc(F)c2)CC1.O=C(O)[C@H](O)[C@@H](O)C(=O)O. The first kappa shape index (κ1) is 28.5. The minimum atomic E-state index is -2.27. The van der Waals surface area contributed by atoms with Gasteiger partial charge in [-0.2, -0.15) is 0 Å². The lowest BCUT2D eigenvalue weighted by atomic mass is 9.86. The van der Waals surface area contributed by atoms with Crippen LogP contribution in [0.15, 0.2) is 36.4 Å². The Bertz CT molecular complexity index is 1070. The number of carbonyl (C=O) groups is 2. The van der Waals surface area contributed by atoms with Crippen LogP contribution in [0.2, 0.25) is 0 Å². The molecule has 2 aromatic carbocycles. The summed E-state index contributed by atoms with van der Waals surface area (Å²) in [6.45, 7) is 5.98. The lowest BCUT2D eigenvalue weighted by molar-refractivity contribution is -0.165. The molecular weight excluding hydrogens is 488 g/mol. The predicted molar refractivity (Wildman–Crippen MR) is 133 cm³/mol. The lowest BCUT2D eigenvalue weighted by Gasteiger charge is -2.34. The molecule has 0 aromatic heterocycles. The Hall–Kier alpha value is -3.12. The van der Waals surface area contributed by atoms with Gasteiger partial charge in [0.1, 0.15) is 11.6 Å². The number of carboxylic acid groups (broad SMARTS) is 2. The number of hydrogen-bond acceptors (Lipinski definition) is 7. The lowest BCUT2D eigenvalue weighted by Crippen LogP contribution is -2.44. The molecule has 4 N–H and O–H groups in total. The normalized spacial score (nSPS) is 20.2. The molecule has 9 nitrogen and oxygen atoms in total. The number of likely N-dealkylation sites (N-methyl/N-ethyl adjacent to an activating group) is 1. The quantitative estimate of drug-likeness (QED) is 0.464. The summed E-state index contributed by atoms with van der Waals surface area (Å²) in [5.41, 5.74) is 4.45. The van der Waals surface area contributed by atoms with Gasteiger partial charge < -0.3 is 35.1 Å². The molecule has 4 rings (SSSR count). The number of halogens is 2. The number of fused-ring (bicyclic) bond motifs is 1. The predicted octanol–water partition coefficient (Wildman–Crippen LogP) is 1.56. The average Bonchev–Trinajstić information content (AvgIpc) is 3.00. The molecule has 11 heteroatoms. The molecule has 3 atom stereocenters. The Kier molecular flexibility index (Phi) is 9.55. The molecule has 202 valence electrons. The number of rotatable bonds is 5. The molecule has 1 fully saturated rings. The molecule has 0 radical (unpaired) electrons. The van der Waals surface area contributed by atoms with Gasteiger partial charge in [-0.3, -0.25) is 0 Å². The highest BCUT2D eigenvalue weighted by atomic mass is 19.1. The molecule has 0 amide bonds. The van der Waals surface area contributed by atoms with Gasteiger partial charge in [-0.05, 0) is 68.0 Å². The van der Waals surface area contributed by atoms with E-state index in [1.807, 2.05) is 0 Å². The van der Waals surface area contributed by atoms with E-state index in [-0.39, 0.29) is 5.92 Å². The minimum absolute atomic E-state index is 0.0247. The van der Waals surface area contributed by atoms with Gasteiger partial charge in [0.25, 0.3) is 0 Å². The van der Waals surface area contributed by atoms with Crippen molar-refractivity contribution in [2.45, 2.75) is 31.1 Å². The fraction of sp³-hybridized carbons (Fsp3) is 0.462. The third-order valence-corrected chi connectivity index (χ3v) is 6.70. The van der Waals surface area contributed by atoms with E-state index in [1.165, 1.54) is 28.9 Å². The second-order valence-electron chi connectivity index (χ2n) is 9.52. The number of aliphatic carboxylic acids is 2. The fourth-order valence-corrected chi connectivity index (χ4v) is 4.60. The van der Waals surface area contributed by atoms with Crippen molar-refractivity contribution >= 4 is 17.6 Å². The Morgan fingerprint density at radius 3 is 1.95 bits per heavy atom. The van der Waals surface area contributed by atoms with Gasteiger partial charge in [0, 0.05) is 50.4 Å². The maximum absolute atomic E-state index is 13.8. The van der Waals surface area contributed by atoms with Crippen LogP contribution in [0.4, 0.5) is 14.5 Å². The van der Waals surface area contributed by atoms with Crippen molar-refractivity contribution in [1.29, 1.82) is 0 Å². The van der Waals surface area contributed by atoms with E-state index in [4.69, 9.17) is 20.4 Å². The van der Waals surface area contributed by atoms with Gasteiger partial charge in [-0.15, -0.1) is 0 Å². The van der Waals surface area contributed by atoms with Crippen LogP contribution in [0.5, 0.6) is 0 Å². The van der Waals surface area contributed by atoms with E-state index in [0.29, 0.717) is 0 Å². The number of nitrogens with zero attached hydrogens (tertiary/aromatic N) is 3. The standard InChI is InChI=1S/C22H27F2N3.C4H6O6/c1-25-7-9-27(10-8-25)20-3-4-21-17(13-20)15-26(2)6-5-22(21)16-11-18(23)14-19(24)12-16;5-1(3(7)8)2(6)4(9)10/h3-4,11-14,22H,5-10,15H2,1-2H3;1-2,5-6H,(H,7,8)(H,9,10)/t;1-,2-/m.1/s1. The highest BCUT2D eigenvalue weighted by molar-refractivity contribution is 5.83. The number of carboxylic acids is 2. The molecule has 0 bridgehead atoms. The molecule has 1 unspecified atom stereocenters. The topological polar surface area (TPSA) is 125 Å². The van der Waals surface area contributed by atoms with Crippen LogP contribution in [0.25, 0.3) is 0 Å². The Balaban J connectivity index is 0.000000325. The maximum Gasteiger partial charge on any atom is 0.335 e. The summed E-state index contributed by atoms with van der Waals surface area (Å²) in [4.78, 5) is 26.6. The zero-order chi connectivity index (χ0) is 27.3. The Labute approximate surface area is 214 Å². The van der Waals surface area contributed by atoms with Crippen molar-refractivity contribution in [2.24, 2.45) is 0 Å². The number of hydrogen-bond donors (Lipinski definition) is 4. The zero-order valence-electron chi connectivity index (χ0n) is 20.8. The summed E-state index contributed by atoms with van der Waals surface area (Å²) < 4.78 is 27.6. The van der Waals surface area contributed by atoms with E-state index in [0.717, 1.165) is 57.3 Å². The van der Waals surface area contributed by atoms with Crippen LogP contribution in [0.1, 0.15) is 29.0 Å². The van der Waals surface area contributed by atoms with Gasteiger partial charge >= 0.3 is 11.9 Å². The highest BCUT2D eigenvalue weighted by Gasteiger charge is 2.29. The van der Waals surface area contributed by atoms with E-state index in [2.05, 4.69) is 47.0 Å². The average molecular weight is 522 g/mol. The molecule has 0 spiro atoms. The number of aliphatic hydroxyl groups excluding tert-OH is 2. The van der Waals surface area contributed by atoms with E-state index in [1.54, 1.807) is 0 Å². The van der Waals surface area contributed by atoms with E-state index in [9.17, 15) is 18.4 Å². The second-order valence-corrected chi connectivity index (χ2v) is 9.52. The van der Waals surface area contributed by atoms with Gasteiger partial charge in [0.05, 0.1) is 0 Å². The van der Waals surface area contributed by atoms with Crippen molar-refractivity contribution in [1.82, 2.24) is 9.80 Å². The van der Waals surface area contributed by atoms with Crippen molar-refractivity contribution < 1.29 is 38.8 Å². The number of anilines is 1. The van der Waals surface area contributed by atoms with Crippen LogP contribution in [0.3, 0.4) is 0 Å². The van der Waals surface area contributed by atoms with E-state index < -0.39 is 35.8 Å². The summed E-state index contributed by atoms with van der Waals surface area (Å²) in [6, 6.07) is 10.6. The van der Waals surface area contributed by atoms with Gasteiger partial charge in [0.15, 0.2) is 12.2 Å². The molecule has 2 aromatic rings. The first-order valence-electron chi connectivity index (χ1n) is 12.0. The molecule has 2 heterocycles. The van der Waals surface area contributed by atoms with Crippen LogP contribution in [-0.4, -0.2) is 101 Å². The molecule has 2 aliphatic heterocycles. The fourth-order valence-electron chi connectivity index (χ4n) is 4.60. The maximum atomic E-state index is 13.8. The molecule has 0 saturated carbocycles. The van der Waals surface area contributed by atoms with Crippen molar-refractivity contribution in [3.63, 3.8) is 0 Å². The molecular formula is C26H33F2N3O6. The van der Waals surface area contributed by atoms with Gasteiger partial charge in [0.2, 0.25) is 0 Å². The van der Waals surface area contributed by atoms with Crippen LogP contribution < -0.4 is 4.90 Å². The number of benzene rings is 2. The summed E-state index contributed by atoms with van der Waals surface area (Å²) in [5.74, 6) is -4.52. The second kappa shape index (κ2) is 12.4. The summed E-state index contributed by atoms with van der Waals surface area (Å²) in [6.07, 6.45) is -3.67. The number of aliphatic hydroxyl groups is 2. The Morgan fingerprint density at radius 2 is 1.41 bits per heavy atom. The number of piperazine rings is 1. The van der Waals surface area contributed by atoms with Crippen molar-refractivity contribution in [3.8, 4) is 0 Å². The molecule has 2 aliphatic rings. The third-order valence-electron chi connectivity index (χ3n) is 6.70. The molecule has 37 heavy (non-hydrogen) atoms. The molecule has 1 saturated heterocycles. The van der Waals surface area contributed by atoms with Crippen molar-refractivity contribution in [3.05, 3.63) is 64.7 Å².